The third kappa shape index (κ3) is 0.506. The quantitative estimate of drug-likeness (QED) is 0.439. The topological polar surface area (TPSA) is 38.0 Å². The fraction of sp³-hybridized carbons (Fsp3) is 0.750. The van der Waals surface area contributed by atoms with Gasteiger partial charge in [0.1, 0.15) is 5.84 Å². The number of amidine groups is 1. The molecule has 2 nitrogen and oxygen atoms in total. The van der Waals surface area contributed by atoms with Gasteiger partial charge in [0.05, 0.1) is 0 Å². The predicted octanol–water partition coefficient (Wildman–Crippen LogP) is 0.362. The van der Waals surface area contributed by atoms with Gasteiger partial charge in [-0.15, -0.1) is 0 Å². The molecule has 0 saturated carbocycles. The van der Waals surface area contributed by atoms with Gasteiger partial charge in [-0.3, -0.25) is 10.7 Å². The van der Waals surface area contributed by atoms with Crippen LogP contribution in [0.3, 0.4) is 0 Å². The highest BCUT2D eigenvalue weighted by Crippen LogP contribution is 1.96. The van der Waals surface area contributed by atoms with Gasteiger partial charge in [0.15, 0.2) is 0 Å². The highest BCUT2D eigenvalue weighted by atomic mass is 14.9. The summed E-state index contributed by atoms with van der Waals surface area (Å²) in [6.07, 6.45) is 2.00. The van der Waals surface area contributed by atoms with Crippen molar-refractivity contribution >= 4 is 5.84 Å². The molecule has 0 aromatic rings. The van der Waals surface area contributed by atoms with Crippen LogP contribution >= 0.6 is 0 Å². The summed E-state index contributed by atoms with van der Waals surface area (Å²) >= 11 is 0. The fourth-order valence-corrected chi connectivity index (χ4v) is 0.540. The monoisotopic (exact) mass is 83.1 g/mol. The van der Waals surface area contributed by atoms with Crippen LogP contribution in [0.1, 0.15) is 12.8 Å². The predicted molar refractivity (Wildman–Crippen MR) is 24.0 cm³/mol. The van der Waals surface area contributed by atoms with E-state index < -0.39 is 0 Å². The van der Waals surface area contributed by atoms with Gasteiger partial charge >= 0.3 is 0 Å². The lowest BCUT2D eigenvalue weighted by Crippen LogP contribution is -2.01. The van der Waals surface area contributed by atoms with Crippen LogP contribution in [-0.2, 0) is 0 Å². The highest BCUT2D eigenvalue weighted by Gasteiger charge is 2.03. The van der Waals surface area contributed by atoms with Gasteiger partial charge in [0.25, 0.3) is 0 Å². The SMILES string of the molecule is N=C1CCC[N]1. The van der Waals surface area contributed by atoms with Crippen molar-refractivity contribution in [3.05, 3.63) is 0 Å². The molecular weight excluding hydrogens is 76.1 g/mol. The van der Waals surface area contributed by atoms with E-state index >= 15 is 0 Å². The van der Waals surface area contributed by atoms with Crippen LogP contribution in [0, 0.1) is 5.41 Å². The molecule has 1 aliphatic rings. The van der Waals surface area contributed by atoms with Gasteiger partial charge < -0.3 is 0 Å². The zero-order valence-electron chi connectivity index (χ0n) is 3.57. The Bertz CT molecular complexity index is 59.9. The molecule has 1 aliphatic heterocycles. The van der Waals surface area contributed by atoms with E-state index in [1.165, 1.54) is 0 Å². The summed E-state index contributed by atoms with van der Waals surface area (Å²) in [6, 6.07) is 0. The minimum Gasteiger partial charge on any atom is -0.287 e. The maximum Gasteiger partial charge on any atom is 0.115 e. The van der Waals surface area contributed by atoms with Crippen molar-refractivity contribution in [3.8, 4) is 0 Å². The van der Waals surface area contributed by atoms with Crippen molar-refractivity contribution < 1.29 is 0 Å². The maximum absolute atomic E-state index is 6.88. The second-order valence-corrected chi connectivity index (χ2v) is 1.43. The Morgan fingerprint density at radius 2 is 2.50 bits per heavy atom. The zero-order valence-corrected chi connectivity index (χ0v) is 3.57. The number of hydrogen-bond donors (Lipinski definition) is 1. The lowest BCUT2D eigenvalue weighted by Gasteiger charge is -1.79. The van der Waals surface area contributed by atoms with Crippen molar-refractivity contribution in [2.24, 2.45) is 0 Å². The molecule has 1 radical (unpaired) electrons. The van der Waals surface area contributed by atoms with Crippen LogP contribution in [0.4, 0.5) is 0 Å². The van der Waals surface area contributed by atoms with Crippen molar-refractivity contribution in [3.63, 3.8) is 0 Å². The fourth-order valence-electron chi connectivity index (χ4n) is 0.540. The first-order chi connectivity index (χ1) is 2.89. The molecule has 0 spiro atoms. The molecule has 0 bridgehead atoms. The average molecular weight is 83.1 g/mol. The smallest absolute Gasteiger partial charge is 0.115 e. The minimum absolute atomic E-state index is 0.579. The van der Waals surface area contributed by atoms with Crippen molar-refractivity contribution in [1.82, 2.24) is 5.32 Å². The number of rotatable bonds is 0. The maximum atomic E-state index is 6.88. The normalized spacial score (nSPS) is 21.0. The van der Waals surface area contributed by atoms with E-state index in [0.717, 1.165) is 19.4 Å². The van der Waals surface area contributed by atoms with Crippen LogP contribution in [0.5, 0.6) is 0 Å². The van der Waals surface area contributed by atoms with Gasteiger partial charge in [-0.05, 0) is 6.42 Å². The molecule has 6 heavy (non-hydrogen) atoms. The summed E-state index contributed by atoms with van der Waals surface area (Å²) in [5.74, 6) is 0.579. The van der Waals surface area contributed by atoms with Gasteiger partial charge in [0.2, 0.25) is 0 Å². The van der Waals surface area contributed by atoms with E-state index in [2.05, 4.69) is 5.32 Å². The summed E-state index contributed by atoms with van der Waals surface area (Å²) in [4.78, 5) is 0. The molecule has 0 atom stereocenters. The standard InChI is InChI=1S/C4H7N2/c5-4-2-1-3-6-4/h5H,1-3H2. The molecule has 0 aromatic carbocycles. The van der Waals surface area contributed by atoms with Crippen LogP contribution in [0.25, 0.3) is 0 Å². The Balaban J connectivity index is 2.37. The molecule has 1 N–H and O–H groups in total. The largest absolute Gasteiger partial charge is 0.287 e. The van der Waals surface area contributed by atoms with E-state index in [-0.39, 0.29) is 0 Å². The molecular formula is C4H7N2. The van der Waals surface area contributed by atoms with E-state index in [0.29, 0.717) is 5.84 Å². The highest BCUT2D eigenvalue weighted by molar-refractivity contribution is 5.80. The minimum atomic E-state index is 0.579. The molecule has 1 saturated heterocycles. The molecule has 1 heterocycles. The summed E-state index contributed by atoms with van der Waals surface area (Å²) in [5, 5.41) is 10.7. The van der Waals surface area contributed by atoms with Crippen LogP contribution in [0.2, 0.25) is 0 Å². The Morgan fingerprint density at radius 1 is 1.67 bits per heavy atom. The van der Waals surface area contributed by atoms with Crippen LogP contribution in [-0.4, -0.2) is 12.4 Å². The Kier molecular flexibility index (Phi) is 0.783. The van der Waals surface area contributed by atoms with Crippen LogP contribution < -0.4 is 5.32 Å². The summed E-state index contributed by atoms with van der Waals surface area (Å²) < 4.78 is 0. The summed E-state index contributed by atoms with van der Waals surface area (Å²) in [5.41, 5.74) is 0. The van der Waals surface area contributed by atoms with Crippen molar-refractivity contribution in [1.29, 1.82) is 5.41 Å². The van der Waals surface area contributed by atoms with E-state index in [9.17, 15) is 0 Å². The third-order valence-electron chi connectivity index (χ3n) is 0.874. The molecule has 0 aromatic heterocycles. The lowest BCUT2D eigenvalue weighted by molar-refractivity contribution is 0.902. The summed E-state index contributed by atoms with van der Waals surface area (Å²) in [7, 11) is 0. The molecule has 0 amide bonds. The second kappa shape index (κ2) is 1.29. The molecule has 0 unspecified atom stereocenters. The number of nitrogens with zero attached hydrogens (tertiary/aromatic N) is 1. The van der Waals surface area contributed by atoms with Crippen molar-refractivity contribution in [2.45, 2.75) is 12.8 Å². The van der Waals surface area contributed by atoms with Crippen LogP contribution in [0.15, 0.2) is 0 Å². The van der Waals surface area contributed by atoms with E-state index in [4.69, 9.17) is 5.41 Å². The van der Waals surface area contributed by atoms with E-state index in [1.807, 2.05) is 0 Å². The van der Waals surface area contributed by atoms with Gasteiger partial charge in [-0.2, -0.15) is 0 Å². The Morgan fingerprint density at radius 3 is 2.67 bits per heavy atom. The first kappa shape index (κ1) is 3.65. The lowest BCUT2D eigenvalue weighted by atomic mass is 10.4. The summed E-state index contributed by atoms with van der Waals surface area (Å²) in [6.45, 7) is 0.888. The third-order valence-corrected chi connectivity index (χ3v) is 0.874. The molecule has 1 rings (SSSR count). The molecule has 1 fully saturated rings. The number of hydrogen-bond acceptors (Lipinski definition) is 1. The van der Waals surface area contributed by atoms with Gasteiger partial charge in [-0.25, -0.2) is 0 Å². The Labute approximate surface area is 37.1 Å². The average Bonchev–Trinajstić information content (AvgIpc) is 1.86. The Hall–Kier alpha value is -0.530. The second-order valence-electron chi connectivity index (χ2n) is 1.43. The first-order valence-electron chi connectivity index (χ1n) is 2.14. The molecule has 0 aliphatic carbocycles. The molecule has 33 valence electrons. The zero-order chi connectivity index (χ0) is 4.41. The first-order valence-corrected chi connectivity index (χ1v) is 2.14. The van der Waals surface area contributed by atoms with Crippen molar-refractivity contribution in [2.75, 3.05) is 6.54 Å². The molecule has 2 heteroatoms. The van der Waals surface area contributed by atoms with Gasteiger partial charge in [0, 0.05) is 13.0 Å². The van der Waals surface area contributed by atoms with E-state index in [1.54, 1.807) is 0 Å². The van der Waals surface area contributed by atoms with Gasteiger partial charge in [-0.1, -0.05) is 0 Å². The number of nitrogens with one attached hydrogen (secondary N) is 1.